The van der Waals surface area contributed by atoms with Crippen molar-refractivity contribution in [2.75, 3.05) is 13.1 Å². The number of amides is 1. The lowest BCUT2D eigenvalue weighted by Crippen LogP contribution is -2.48. The van der Waals surface area contributed by atoms with Crippen molar-refractivity contribution in [1.82, 2.24) is 4.90 Å². The number of aliphatic hydroxyl groups is 1. The molecule has 0 aromatic heterocycles. The van der Waals surface area contributed by atoms with E-state index in [1.54, 1.807) is 30.0 Å². The van der Waals surface area contributed by atoms with Crippen molar-refractivity contribution in [3.05, 3.63) is 33.3 Å². The van der Waals surface area contributed by atoms with Crippen molar-refractivity contribution < 1.29 is 9.90 Å². The molecular weight excluding hydrogens is 318 g/mol. The summed E-state index contributed by atoms with van der Waals surface area (Å²) in [5, 5.41) is 10.6. The van der Waals surface area contributed by atoms with E-state index in [0.717, 1.165) is 12.8 Å². The van der Waals surface area contributed by atoms with E-state index in [9.17, 15) is 9.90 Å². The fourth-order valence-corrected chi connectivity index (χ4v) is 2.70. The second-order valence-electron chi connectivity index (χ2n) is 4.96. The zero-order valence-corrected chi connectivity index (χ0v) is 12.5. The van der Waals surface area contributed by atoms with Crippen LogP contribution in [-0.4, -0.2) is 34.6 Å². The number of benzene rings is 1. The minimum absolute atomic E-state index is 0.0626. The van der Waals surface area contributed by atoms with Crippen molar-refractivity contribution >= 4 is 33.4 Å². The summed E-state index contributed by atoms with van der Waals surface area (Å²) < 4.78 is 0.707. The van der Waals surface area contributed by atoms with E-state index in [1.165, 1.54) is 0 Å². The first-order chi connectivity index (χ1) is 8.39. The lowest BCUT2D eigenvalue weighted by molar-refractivity contribution is -0.0107. The SMILES string of the molecule is CC1(O)CCCN(C(=O)c2ccc(Cl)c(Br)c2)C1. The monoisotopic (exact) mass is 331 g/mol. The molecule has 1 N–H and O–H groups in total. The van der Waals surface area contributed by atoms with E-state index < -0.39 is 5.60 Å². The molecule has 0 saturated carbocycles. The fraction of sp³-hybridized carbons (Fsp3) is 0.462. The molecule has 0 aliphatic carbocycles. The maximum atomic E-state index is 12.3. The Morgan fingerprint density at radius 3 is 2.89 bits per heavy atom. The van der Waals surface area contributed by atoms with Crippen LogP contribution in [0.4, 0.5) is 0 Å². The minimum atomic E-state index is -0.780. The van der Waals surface area contributed by atoms with E-state index >= 15 is 0 Å². The third-order valence-electron chi connectivity index (χ3n) is 3.13. The summed E-state index contributed by atoms with van der Waals surface area (Å²) in [5.74, 6) is -0.0626. The molecule has 1 aliphatic rings. The molecule has 1 aliphatic heterocycles. The van der Waals surface area contributed by atoms with E-state index in [0.29, 0.717) is 28.1 Å². The van der Waals surface area contributed by atoms with Crippen molar-refractivity contribution in [2.45, 2.75) is 25.4 Å². The molecule has 5 heteroatoms. The largest absolute Gasteiger partial charge is 0.388 e. The molecule has 3 nitrogen and oxygen atoms in total. The van der Waals surface area contributed by atoms with E-state index in [1.807, 2.05) is 0 Å². The number of β-amino-alcohol motifs (C(OH)–C–C–N with tert-alkyl or cyclic N) is 1. The first-order valence-corrected chi connectivity index (χ1v) is 7.03. The van der Waals surface area contributed by atoms with Gasteiger partial charge in [-0.2, -0.15) is 0 Å². The lowest BCUT2D eigenvalue weighted by atomic mass is 9.94. The zero-order valence-electron chi connectivity index (χ0n) is 10.1. The number of carbonyl (C=O) groups excluding carboxylic acids is 1. The Bertz CT molecular complexity index is 476. The third kappa shape index (κ3) is 3.05. The minimum Gasteiger partial charge on any atom is -0.388 e. The van der Waals surface area contributed by atoms with Crippen LogP contribution in [0.25, 0.3) is 0 Å². The van der Waals surface area contributed by atoms with Crippen LogP contribution in [0.3, 0.4) is 0 Å². The Labute approximate surface area is 120 Å². The number of hydrogen-bond donors (Lipinski definition) is 1. The number of carbonyl (C=O) groups is 1. The molecule has 0 bridgehead atoms. The van der Waals surface area contributed by atoms with Gasteiger partial charge in [-0.3, -0.25) is 4.79 Å². The summed E-state index contributed by atoms with van der Waals surface area (Å²) in [5.41, 5.74) is -0.193. The number of likely N-dealkylation sites (tertiary alicyclic amines) is 1. The van der Waals surface area contributed by atoms with Crippen molar-refractivity contribution in [3.8, 4) is 0 Å². The van der Waals surface area contributed by atoms with Crippen LogP contribution in [0, 0.1) is 0 Å². The summed E-state index contributed by atoms with van der Waals surface area (Å²) in [6.07, 6.45) is 1.56. The van der Waals surface area contributed by atoms with Gasteiger partial charge in [-0.15, -0.1) is 0 Å². The predicted octanol–water partition coefficient (Wildman–Crippen LogP) is 3.09. The van der Waals surface area contributed by atoms with Gasteiger partial charge >= 0.3 is 0 Å². The molecule has 1 fully saturated rings. The lowest BCUT2D eigenvalue weighted by Gasteiger charge is -2.36. The second kappa shape index (κ2) is 5.19. The van der Waals surface area contributed by atoms with Gasteiger partial charge in [0, 0.05) is 23.1 Å². The smallest absolute Gasteiger partial charge is 0.253 e. The van der Waals surface area contributed by atoms with Gasteiger partial charge in [0.05, 0.1) is 10.6 Å². The molecule has 1 atom stereocenters. The molecular formula is C13H15BrClNO2. The van der Waals surface area contributed by atoms with Crippen LogP contribution in [0.15, 0.2) is 22.7 Å². The zero-order chi connectivity index (χ0) is 13.3. The van der Waals surface area contributed by atoms with E-state index in [2.05, 4.69) is 15.9 Å². The third-order valence-corrected chi connectivity index (χ3v) is 4.34. The molecule has 1 heterocycles. The van der Waals surface area contributed by atoms with Gasteiger partial charge in [-0.05, 0) is 53.9 Å². The van der Waals surface area contributed by atoms with E-state index in [4.69, 9.17) is 11.6 Å². The Morgan fingerprint density at radius 2 is 2.28 bits per heavy atom. The normalized spacial score (nSPS) is 24.1. The van der Waals surface area contributed by atoms with Crippen LogP contribution in [0.5, 0.6) is 0 Å². The molecule has 1 unspecified atom stereocenters. The van der Waals surface area contributed by atoms with Crippen LogP contribution >= 0.6 is 27.5 Å². The second-order valence-corrected chi connectivity index (χ2v) is 6.22. The van der Waals surface area contributed by atoms with Gasteiger partial charge in [-0.1, -0.05) is 11.6 Å². The van der Waals surface area contributed by atoms with E-state index in [-0.39, 0.29) is 5.91 Å². The molecule has 2 rings (SSSR count). The molecule has 1 saturated heterocycles. The maximum absolute atomic E-state index is 12.3. The van der Waals surface area contributed by atoms with Crippen LogP contribution in [0.1, 0.15) is 30.1 Å². The van der Waals surface area contributed by atoms with Crippen LogP contribution in [0.2, 0.25) is 5.02 Å². The van der Waals surface area contributed by atoms with Gasteiger partial charge in [0.2, 0.25) is 0 Å². The van der Waals surface area contributed by atoms with Crippen molar-refractivity contribution in [3.63, 3.8) is 0 Å². The first-order valence-electron chi connectivity index (χ1n) is 5.86. The molecule has 1 aromatic rings. The Balaban J connectivity index is 2.18. The highest BCUT2D eigenvalue weighted by Crippen LogP contribution is 2.26. The summed E-state index contributed by atoms with van der Waals surface area (Å²) >= 11 is 9.21. The highest BCUT2D eigenvalue weighted by atomic mass is 79.9. The quantitative estimate of drug-likeness (QED) is 0.858. The number of hydrogen-bond acceptors (Lipinski definition) is 2. The van der Waals surface area contributed by atoms with Gasteiger partial charge < -0.3 is 10.0 Å². The standard InChI is InChI=1S/C13H15BrClNO2/c1-13(18)5-2-6-16(8-13)12(17)9-3-4-11(15)10(14)7-9/h3-4,7,18H,2,5-6,8H2,1H3. The first kappa shape index (κ1) is 13.8. The average molecular weight is 333 g/mol. The number of rotatable bonds is 1. The molecule has 0 spiro atoms. The number of piperidine rings is 1. The Hall–Kier alpha value is -0.580. The summed E-state index contributed by atoms with van der Waals surface area (Å²) in [7, 11) is 0. The number of halogens is 2. The highest BCUT2D eigenvalue weighted by Gasteiger charge is 2.31. The topological polar surface area (TPSA) is 40.5 Å². The number of nitrogens with zero attached hydrogens (tertiary/aromatic N) is 1. The average Bonchev–Trinajstić information content (AvgIpc) is 2.30. The van der Waals surface area contributed by atoms with Gasteiger partial charge in [-0.25, -0.2) is 0 Å². The molecule has 98 valence electrons. The predicted molar refractivity (Wildman–Crippen MR) is 74.9 cm³/mol. The molecule has 1 aromatic carbocycles. The van der Waals surface area contributed by atoms with Gasteiger partial charge in [0.1, 0.15) is 0 Å². The van der Waals surface area contributed by atoms with Gasteiger partial charge in [0.25, 0.3) is 5.91 Å². The maximum Gasteiger partial charge on any atom is 0.253 e. The Kier molecular flexibility index (Phi) is 3.99. The molecule has 18 heavy (non-hydrogen) atoms. The summed E-state index contributed by atoms with van der Waals surface area (Å²) in [6.45, 7) is 2.84. The fourth-order valence-electron chi connectivity index (χ4n) is 2.21. The summed E-state index contributed by atoms with van der Waals surface area (Å²) in [6, 6.07) is 5.12. The van der Waals surface area contributed by atoms with Crippen molar-refractivity contribution in [1.29, 1.82) is 0 Å². The Morgan fingerprint density at radius 1 is 1.56 bits per heavy atom. The summed E-state index contributed by atoms with van der Waals surface area (Å²) in [4.78, 5) is 14.0. The van der Waals surface area contributed by atoms with Crippen molar-refractivity contribution in [2.24, 2.45) is 0 Å². The highest BCUT2D eigenvalue weighted by molar-refractivity contribution is 9.10. The molecule has 1 amide bonds. The van der Waals surface area contributed by atoms with Crippen LogP contribution < -0.4 is 0 Å². The molecule has 0 radical (unpaired) electrons. The van der Waals surface area contributed by atoms with Gasteiger partial charge in [0.15, 0.2) is 0 Å². The van der Waals surface area contributed by atoms with Crippen LogP contribution in [-0.2, 0) is 0 Å².